The number of amides is 2. The number of allylic oxidation sites excluding steroid dienone is 1. The molecule has 172 valence electrons. The van der Waals surface area contributed by atoms with E-state index in [0.29, 0.717) is 28.1 Å². The highest BCUT2D eigenvalue weighted by Crippen LogP contribution is 2.23. The molecule has 0 fully saturated rings. The van der Waals surface area contributed by atoms with Gasteiger partial charge in [-0.25, -0.2) is 0 Å². The van der Waals surface area contributed by atoms with E-state index < -0.39 is 6.04 Å². The van der Waals surface area contributed by atoms with E-state index in [-0.39, 0.29) is 17.6 Å². The number of nitrogens with zero attached hydrogens (tertiary/aromatic N) is 3. The van der Waals surface area contributed by atoms with E-state index in [9.17, 15) is 9.59 Å². The molecule has 0 aliphatic heterocycles. The second kappa shape index (κ2) is 11.2. The predicted octanol–water partition coefficient (Wildman–Crippen LogP) is 4.96. The second-order valence-electron chi connectivity index (χ2n) is 7.63. The molecule has 0 saturated heterocycles. The zero-order valence-corrected chi connectivity index (χ0v) is 20.3. The Hall–Kier alpha value is -3.10. The molecule has 2 amide bonds. The molecule has 2 aromatic carbocycles. The third-order valence-electron chi connectivity index (χ3n) is 4.75. The Bertz CT molecular complexity index is 1160. The second-order valence-corrected chi connectivity index (χ2v) is 8.98. The maximum absolute atomic E-state index is 12.6. The summed E-state index contributed by atoms with van der Waals surface area (Å²) in [4.78, 5) is 25.1. The van der Waals surface area contributed by atoms with Gasteiger partial charge in [0, 0.05) is 12.2 Å². The molecule has 0 aliphatic rings. The first-order valence-corrected chi connectivity index (χ1v) is 11.7. The lowest BCUT2D eigenvalue weighted by Crippen LogP contribution is -2.29. The molecule has 0 aliphatic carbocycles. The van der Waals surface area contributed by atoms with Gasteiger partial charge < -0.3 is 15.2 Å². The Morgan fingerprint density at radius 1 is 1.18 bits per heavy atom. The lowest BCUT2D eigenvalue weighted by molar-refractivity contribution is -0.113. The predicted molar refractivity (Wildman–Crippen MR) is 133 cm³/mol. The van der Waals surface area contributed by atoms with Gasteiger partial charge in [-0.15, -0.1) is 16.8 Å². The van der Waals surface area contributed by atoms with E-state index in [1.54, 1.807) is 30.3 Å². The maximum Gasteiger partial charge on any atom is 0.253 e. The van der Waals surface area contributed by atoms with Gasteiger partial charge in [-0.2, -0.15) is 0 Å². The highest BCUT2D eigenvalue weighted by atomic mass is 35.5. The summed E-state index contributed by atoms with van der Waals surface area (Å²) in [5.41, 5.74) is 3.32. The number of carbonyl (C=O) groups excluding carboxylic acids is 2. The summed E-state index contributed by atoms with van der Waals surface area (Å²) in [6.07, 6.45) is 1.72. The van der Waals surface area contributed by atoms with Crippen LogP contribution in [0.2, 0.25) is 5.02 Å². The van der Waals surface area contributed by atoms with Crippen LogP contribution in [0.4, 0.5) is 5.69 Å². The summed E-state index contributed by atoms with van der Waals surface area (Å²) in [7, 11) is 0. The van der Waals surface area contributed by atoms with Crippen molar-refractivity contribution in [2.75, 3.05) is 11.1 Å². The molecule has 0 radical (unpaired) electrons. The Balaban J connectivity index is 1.68. The zero-order valence-electron chi connectivity index (χ0n) is 18.8. The molecule has 3 rings (SSSR count). The minimum atomic E-state index is -0.431. The van der Waals surface area contributed by atoms with Crippen LogP contribution in [0.25, 0.3) is 0 Å². The first-order valence-electron chi connectivity index (χ1n) is 10.4. The summed E-state index contributed by atoms with van der Waals surface area (Å²) in [6, 6.07) is 12.3. The first-order chi connectivity index (χ1) is 15.8. The molecular formula is C24H26ClN5O2S. The van der Waals surface area contributed by atoms with Crippen LogP contribution in [0.5, 0.6) is 0 Å². The summed E-state index contributed by atoms with van der Waals surface area (Å²) < 4.78 is 1.83. The van der Waals surface area contributed by atoms with Crippen molar-refractivity contribution in [1.82, 2.24) is 20.1 Å². The SMILES string of the molecule is C=CCn1c(SCC(=O)Nc2cc(C)cc(C)c2)nnc1[C@H](C)NC(=O)c1ccccc1Cl. The average Bonchev–Trinajstić information content (AvgIpc) is 3.14. The molecule has 1 atom stereocenters. The fraction of sp³-hybridized carbons (Fsp3) is 0.250. The summed E-state index contributed by atoms with van der Waals surface area (Å²) in [5.74, 6) is 0.290. The van der Waals surface area contributed by atoms with Gasteiger partial charge in [0.15, 0.2) is 11.0 Å². The van der Waals surface area contributed by atoms with Crippen LogP contribution in [-0.2, 0) is 11.3 Å². The van der Waals surface area contributed by atoms with Crippen LogP contribution < -0.4 is 10.6 Å². The number of carbonyl (C=O) groups is 2. The molecule has 0 unspecified atom stereocenters. The standard InChI is InChI=1S/C24H26ClN5O2S/c1-5-10-30-22(17(4)26-23(32)19-8-6-7-9-20(19)25)28-29-24(30)33-14-21(31)27-18-12-15(2)11-16(3)13-18/h5-9,11-13,17H,1,10,14H2,2-4H3,(H,26,32)(H,27,31)/t17-/m0/s1. The summed E-state index contributed by atoms with van der Waals surface area (Å²) in [6.45, 7) is 10.0. The van der Waals surface area contributed by atoms with Gasteiger partial charge in [-0.1, -0.05) is 47.6 Å². The fourth-order valence-corrected chi connectivity index (χ4v) is 4.36. The monoisotopic (exact) mass is 483 g/mol. The molecule has 7 nitrogen and oxygen atoms in total. The van der Waals surface area contributed by atoms with Gasteiger partial charge in [0.2, 0.25) is 5.91 Å². The average molecular weight is 484 g/mol. The highest BCUT2D eigenvalue weighted by Gasteiger charge is 2.21. The Morgan fingerprint density at radius 2 is 1.88 bits per heavy atom. The molecule has 0 spiro atoms. The Morgan fingerprint density at radius 3 is 2.55 bits per heavy atom. The molecule has 0 bridgehead atoms. The van der Waals surface area contributed by atoms with Crippen molar-refractivity contribution in [3.8, 4) is 0 Å². The van der Waals surface area contributed by atoms with Crippen molar-refractivity contribution in [3.05, 3.63) is 82.7 Å². The van der Waals surface area contributed by atoms with E-state index in [4.69, 9.17) is 11.6 Å². The normalized spacial score (nSPS) is 11.6. The van der Waals surface area contributed by atoms with Crippen molar-refractivity contribution in [2.45, 2.75) is 38.5 Å². The molecule has 33 heavy (non-hydrogen) atoms. The van der Waals surface area contributed by atoms with Crippen LogP contribution >= 0.6 is 23.4 Å². The number of benzene rings is 2. The molecule has 1 aromatic heterocycles. The van der Waals surface area contributed by atoms with Gasteiger partial charge >= 0.3 is 0 Å². The van der Waals surface area contributed by atoms with Crippen molar-refractivity contribution in [3.63, 3.8) is 0 Å². The van der Waals surface area contributed by atoms with Crippen LogP contribution in [0.3, 0.4) is 0 Å². The lowest BCUT2D eigenvalue weighted by atomic mass is 10.1. The Labute approximate surface area is 202 Å². The largest absolute Gasteiger partial charge is 0.342 e. The van der Waals surface area contributed by atoms with Gasteiger partial charge in [0.1, 0.15) is 0 Å². The third-order valence-corrected chi connectivity index (χ3v) is 6.04. The number of hydrogen-bond donors (Lipinski definition) is 2. The number of hydrogen-bond acceptors (Lipinski definition) is 5. The number of nitrogens with one attached hydrogen (secondary N) is 2. The van der Waals surface area contributed by atoms with Crippen molar-refractivity contribution in [1.29, 1.82) is 0 Å². The van der Waals surface area contributed by atoms with Gasteiger partial charge in [-0.3, -0.25) is 9.59 Å². The van der Waals surface area contributed by atoms with Gasteiger partial charge in [-0.05, 0) is 56.2 Å². The van der Waals surface area contributed by atoms with Crippen molar-refractivity contribution >= 4 is 40.9 Å². The smallest absolute Gasteiger partial charge is 0.253 e. The quantitative estimate of drug-likeness (QED) is 0.332. The molecular weight excluding hydrogens is 458 g/mol. The number of rotatable bonds is 9. The topological polar surface area (TPSA) is 88.9 Å². The summed E-state index contributed by atoms with van der Waals surface area (Å²) in [5, 5.41) is 15.3. The molecule has 1 heterocycles. The zero-order chi connectivity index (χ0) is 24.0. The number of aryl methyl sites for hydroxylation is 2. The van der Waals surface area contributed by atoms with E-state index in [2.05, 4.69) is 33.5 Å². The Kier molecular flexibility index (Phi) is 8.30. The van der Waals surface area contributed by atoms with Crippen LogP contribution in [0.1, 0.15) is 40.3 Å². The van der Waals surface area contributed by atoms with Crippen molar-refractivity contribution in [2.24, 2.45) is 0 Å². The van der Waals surface area contributed by atoms with Crippen LogP contribution in [0.15, 0.2) is 60.3 Å². The highest BCUT2D eigenvalue weighted by molar-refractivity contribution is 7.99. The maximum atomic E-state index is 12.6. The van der Waals surface area contributed by atoms with E-state index >= 15 is 0 Å². The van der Waals surface area contributed by atoms with Gasteiger partial charge in [0.05, 0.1) is 22.4 Å². The van der Waals surface area contributed by atoms with Crippen LogP contribution in [-0.4, -0.2) is 32.3 Å². The van der Waals surface area contributed by atoms with Crippen molar-refractivity contribution < 1.29 is 9.59 Å². The fourth-order valence-electron chi connectivity index (χ4n) is 3.39. The minimum Gasteiger partial charge on any atom is -0.342 e. The number of anilines is 1. The molecule has 3 aromatic rings. The number of thioether (sulfide) groups is 1. The minimum absolute atomic E-state index is 0.139. The van der Waals surface area contributed by atoms with E-state index in [0.717, 1.165) is 16.8 Å². The number of halogens is 1. The molecule has 0 saturated carbocycles. The number of aromatic nitrogens is 3. The lowest BCUT2D eigenvalue weighted by Gasteiger charge is -2.15. The summed E-state index contributed by atoms with van der Waals surface area (Å²) >= 11 is 7.41. The van der Waals surface area contributed by atoms with Gasteiger partial charge in [0.25, 0.3) is 5.91 Å². The molecule has 9 heteroatoms. The first kappa shape index (κ1) is 24.5. The van der Waals surface area contributed by atoms with E-state index in [1.807, 2.05) is 37.5 Å². The van der Waals surface area contributed by atoms with E-state index in [1.165, 1.54) is 11.8 Å². The third kappa shape index (κ3) is 6.46. The molecule has 2 N–H and O–H groups in total. The van der Waals surface area contributed by atoms with Crippen LogP contribution in [0, 0.1) is 13.8 Å².